The average Bonchev–Trinajstić information content (AvgIpc) is 3.03. The molecule has 0 aliphatic carbocycles. The van der Waals surface area contributed by atoms with E-state index in [1.54, 1.807) is 62.6 Å². The van der Waals surface area contributed by atoms with Crippen molar-refractivity contribution in [1.29, 1.82) is 0 Å². The number of ether oxygens (including phenoxy) is 2. The summed E-state index contributed by atoms with van der Waals surface area (Å²) in [7, 11) is 4.64. The molecule has 2 amide bonds. The number of fused-ring (bicyclic) bond motifs is 1. The summed E-state index contributed by atoms with van der Waals surface area (Å²) >= 11 is 0. The lowest BCUT2D eigenvalue weighted by Crippen LogP contribution is -2.20. The number of amides is 2. The molecule has 0 fully saturated rings. The van der Waals surface area contributed by atoms with Crippen molar-refractivity contribution in [3.63, 3.8) is 0 Å². The van der Waals surface area contributed by atoms with Gasteiger partial charge < -0.3 is 20.1 Å². The van der Waals surface area contributed by atoms with Crippen molar-refractivity contribution < 1.29 is 19.1 Å². The number of imidazole rings is 1. The summed E-state index contributed by atoms with van der Waals surface area (Å²) in [6, 6.07) is 18.3. The zero-order valence-electron chi connectivity index (χ0n) is 18.3. The van der Waals surface area contributed by atoms with E-state index in [0.717, 1.165) is 0 Å². The van der Waals surface area contributed by atoms with Crippen molar-refractivity contribution >= 4 is 34.4 Å². The van der Waals surface area contributed by atoms with E-state index in [4.69, 9.17) is 4.74 Å². The molecule has 1 heterocycles. The van der Waals surface area contributed by atoms with E-state index < -0.39 is 12.0 Å². The van der Waals surface area contributed by atoms with E-state index in [9.17, 15) is 14.4 Å². The monoisotopic (exact) mass is 446 g/mol. The standard InChI is InChI=1S/C24H22N4O5/c1-27-19-13-18(26-23(30)25-16-11-9-15(10-12-16)22(29)32-3)21(14-20(19)28(2)24(27)31)33-17-7-5-4-6-8-17/h4-14H,1-3H3,(H2,25,26,30). The van der Waals surface area contributed by atoms with Gasteiger partial charge in [-0.1, -0.05) is 18.2 Å². The fourth-order valence-electron chi connectivity index (χ4n) is 3.42. The number of carbonyl (C=O) groups is 2. The van der Waals surface area contributed by atoms with Crippen LogP contribution in [0.25, 0.3) is 11.0 Å². The number of nitrogens with zero attached hydrogens (tertiary/aromatic N) is 2. The van der Waals surface area contributed by atoms with Crippen LogP contribution in [0.4, 0.5) is 16.2 Å². The molecule has 168 valence electrons. The molecule has 4 aromatic rings. The van der Waals surface area contributed by atoms with Crippen LogP contribution in [0.1, 0.15) is 10.4 Å². The fourth-order valence-corrected chi connectivity index (χ4v) is 3.42. The van der Waals surface area contributed by atoms with Crippen molar-refractivity contribution in [3.8, 4) is 11.5 Å². The first kappa shape index (κ1) is 21.7. The van der Waals surface area contributed by atoms with Crippen molar-refractivity contribution in [2.24, 2.45) is 14.1 Å². The minimum Gasteiger partial charge on any atom is -0.465 e. The molecule has 1 aromatic heterocycles. The minimum atomic E-state index is -0.515. The van der Waals surface area contributed by atoms with Crippen LogP contribution >= 0.6 is 0 Å². The van der Waals surface area contributed by atoms with Crippen molar-refractivity contribution in [2.75, 3.05) is 17.7 Å². The van der Waals surface area contributed by atoms with Gasteiger partial charge in [0.2, 0.25) is 0 Å². The van der Waals surface area contributed by atoms with Gasteiger partial charge in [-0.3, -0.25) is 9.13 Å². The van der Waals surface area contributed by atoms with Crippen LogP contribution in [0, 0.1) is 0 Å². The Morgan fingerprint density at radius 1 is 0.848 bits per heavy atom. The smallest absolute Gasteiger partial charge is 0.337 e. The van der Waals surface area contributed by atoms with Gasteiger partial charge in [-0.15, -0.1) is 0 Å². The lowest BCUT2D eigenvalue weighted by atomic mass is 10.2. The maximum Gasteiger partial charge on any atom is 0.337 e. The van der Waals surface area contributed by atoms with Crippen molar-refractivity contribution in [1.82, 2.24) is 9.13 Å². The van der Waals surface area contributed by atoms with E-state index in [0.29, 0.717) is 39.5 Å². The Morgan fingerprint density at radius 3 is 2.12 bits per heavy atom. The first-order chi connectivity index (χ1) is 15.9. The number of hydrogen-bond donors (Lipinski definition) is 2. The summed E-state index contributed by atoms with van der Waals surface area (Å²) in [4.78, 5) is 36.7. The zero-order chi connectivity index (χ0) is 23.5. The van der Waals surface area contributed by atoms with Crippen LogP contribution in [-0.2, 0) is 18.8 Å². The van der Waals surface area contributed by atoms with Gasteiger partial charge in [0, 0.05) is 25.8 Å². The highest BCUT2D eigenvalue weighted by Gasteiger charge is 2.16. The topological polar surface area (TPSA) is 104 Å². The predicted octanol–water partition coefficient (Wildman–Crippen LogP) is 4.10. The Morgan fingerprint density at radius 2 is 1.48 bits per heavy atom. The van der Waals surface area contributed by atoms with Crippen LogP contribution in [0.15, 0.2) is 71.5 Å². The molecule has 2 N–H and O–H groups in total. The van der Waals surface area contributed by atoms with Crippen LogP contribution in [0.2, 0.25) is 0 Å². The molecule has 33 heavy (non-hydrogen) atoms. The average molecular weight is 446 g/mol. The summed E-state index contributed by atoms with van der Waals surface area (Å²) in [6.07, 6.45) is 0. The van der Waals surface area contributed by atoms with E-state index >= 15 is 0 Å². The molecule has 9 nitrogen and oxygen atoms in total. The molecule has 9 heteroatoms. The Bertz CT molecular complexity index is 1390. The predicted molar refractivity (Wildman–Crippen MR) is 125 cm³/mol. The number of methoxy groups -OCH3 is 1. The summed E-state index contributed by atoms with van der Waals surface area (Å²) in [5.41, 5.74) is 2.36. The maximum atomic E-state index is 12.7. The number of rotatable bonds is 5. The summed E-state index contributed by atoms with van der Waals surface area (Å²) in [6.45, 7) is 0. The van der Waals surface area contributed by atoms with Crippen molar-refractivity contribution in [3.05, 3.63) is 82.8 Å². The highest BCUT2D eigenvalue weighted by atomic mass is 16.5. The zero-order valence-corrected chi connectivity index (χ0v) is 18.3. The number of para-hydroxylation sites is 1. The quantitative estimate of drug-likeness (QED) is 0.449. The molecular formula is C24H22N4O5. The summed E-state index contributed by atoms with van der Waals surface area (Å²) in [5, 5.41) is 5.50. The van der Waals surface area contributed by atoms with Gasteiger partial charge in [0.15, 0.2) is 5.75 Å². The Kier molecular flexibility index (Phi) is 5.86. The summed E-state index contributed by atoms with van der Waals surface area (Å²) in [5.74, 6) is 0.501. The summed E-state index contributed by atoms with van der Waals surface area (Å²) < 4.78 is 13.7. The second kappa shape index (κ2) is 8.91. The van der Waals surface area contributed by atoms with E-state index in [1.807, 2.05) is 18.2 Å². The Balaban J connectivity index is 1.64. The van der Waals surface area contributed by atoms with E-state index in [2.05, 4.69) is 15.4 Å². The van der Waals surface area contributed by atoms with E-state index in [1.165, 1.54) is 16.2 Å². The number of benzene rings is 3. The first-order valence-corrected chi connectivity index (χ1v) is 10.1. The number of aryl methyl sites for hydroxylation is 2. The molecule has 0 spiro atoms. The largest absolute Gasteiger partial charge is 0.465 e. The van der Waals surface area contributed by atoms with Crippen LogP contribution in [0.5, 0.6) is 11.5 Å². The third-order valence-electron chi connectivity index (χ3n) is 5.16. The van der Waals surface area contributed by atoms with Crippen LogP contribution in [0.3, 0.4) is 0 Å². The highest BCUT2D eigenvalue weighted by molar-refractivity contribution is 6.02. The molecule has 0 bridgehead atoms. The second-order valence-corrected chi connectivity index (χ2v) is 7.30. The number of carbonyl (C=O) groups excluding carboxylic acids is 2. The molecule has 0 aliphatic heterocycles. The molecule has 4 rings (SSSR count). The lowest BCUT2D eigenvalue weighted by molar-refractivity contribution is 0.0600. The van der Waals surface area contributed by atoms with Gasteiger partial charge in [0.25, 0.3) is 0 Å². The molecule has 0 saturated heterocycles. The molecule has 3 aromatic carbocycles. The van der Waals surface area contributed by atoms with Gasteiger partial charge >= 0.3 is 17.7 Å². The van der Waals surface area contributed by atoms with Gasteiger partial charge in [0.05, 0.1) is 29.4 Å². The maximum absolute atomic E-state index is 12.7. The fraction of sp³-hybridized carbons (Fsp3) is 0.125. The van der Waals surface area contributed by atoms with Gasteiger partial charge in [-0.2, -0.15) is 0 Å². The number of aromatic nitrogens is 2. The van der Waals surface area contributed by atoms with E-state index in [-0.39, 0.29) is 5.69 Å². The molecule has 0 aliphatic rings. The highest BCUT2D eigenvalue weighted by Crippen LogP contribution is 2.33. The van der Waals surface area contributed by atoms with Crippen molar-refractivity contribution in [2.45, 2.75) is 0 Å². The van der Waals surface area contributed by atoms with Gasteiger partial charge in [-0.05, 0) is 42.5 Å². The Hall–Kier alpha value is -4.53. The third-order valence-corrected chi connectivity index (χ3v) is 5.16. The molecular weight excluding hydrogens is 424 g/mol. The van der Waals surface area contributed by atoms with Crippen LogP contribution < -0.4 is 21.1 Å². The molecule has 0 radical (unpaired) electrons. The normalized spacial score (nSPS) is 10.6. The third kappa shape index (κ3) is 4.42. The number of nitrogens with one attached hydrogen (secondary N) is 2. The SMILES string of the molecule is COC(=O)c1ccc(NC(=O)Nc2cc3c(cc2Oc2ccccc2)n(C)c(=O)n3C)cc1. The van der Waals surface area contributed by atoms with Crippen LogP contribution in [-0.4, -0.2) is 28.2 Å². The molecule has 0 atom stereocenters. The number of hydrogen-bond acceptors (Lipinski definition) is 5. The minimum absolute atomic E-state index is 0.192. The van der Waals surface area contributed by atoms with Gasteiger partial charge in [-0.25, -0.2) is 14.4 Å². The Labute approximate surface area is 189 Å². The molecule has 0 unspecified atom stereocenters. The first-order valence-electron chi connectivity index (χ1n) is 10.1. The number of esters is 1. The second-order valence-electron chi connectivity index (χ2n) is 7.30. The molecule has 0 saturated carbocycles. The van der Waals surface area contributed by atoms with Gasteiger partial charge in [0.1, 0.15) is 5.75 Å². The number of urea groups is 1. The number of anilines is 2. The lowest BCUT2D eigenvalue weighted by Gasteiger charge is -2.14.